The van der Waals surface area contributed by atoms with Crippen molar-refractivity contribution in [3.8, 4) is 0 Å². The molecule has 0 saturated heterocycles. The molecule has 0 aliphatic rings. The summed E-state index contributed by atoms with van der Waals surface area (Å²) in [4.78, 5) is 0. The fourth-order valence-corrected chi connectivity index (χ4v) is 3.17. The summed E-state index contributed by atoms with van der Waals surface area (Å²) in [7, 11) is 2.03. The maximum Gasteiger partial charge on any atom is 0.0656 e. The van der Waals surface area contributed by atoms with Gasteiger partial charge in [0.15, 0.2) is 0 Å². The highest BCUT2D eigenvalue weighted by Crippen LogP contribution is 2.24. The molecule has 0 aliphatic heterocycles. The zero-order valence-electron chi connectivity index (χ0n) is 9.11. The van der Waals surface area contributed by atoms with Crippen molar-refractivity contribution in [2.75, 3.05) is 7.05 Å². The van der Waals surface area contributed by atoms with Crippen LogP contribution in [0.15, 0.2) is 41.8 Å². The van der Waals surface area contributed by atoms with Gasteiger partial charge in [-0.25, -0.2) is 0 Å². The Kier molecular flexibility index (Phi) is 4.37. The van der Waals surface area contributed by atoms with Crippen LogP contribution in [0.25, 0.3) is 0 Å². The molecule has 0 aliphatic carbocycles. The lowest BCUT2D eigenvalue weighted by Crippen LogP contribution is -2.18. The van der Waals surface area contributed by atoms with E-state index in [1.54, 1.807) is 11.3 Å². The van der Waals surface area contributed by atoms with Gasteiger partial charge < -0.3 is 5.32 Å². The Morgan fingerprint density at radius 3 is 2.62 bits per heavy atom. The van der Waals surface area contributed by atoms with Crippen LogP contribution in [0.2, 0.25) is 0 Å². The summed E-state index contributed by atoms with van der Waals surface area (Å²) < 4.78 is 1.35. The summed E-state index contributed by atoms with van der Waals surface area (Å²) in [6, 6.07) is 13.3. The number of hydrogen-bond acceptors (Lipinski definition) is 2. The van der Waals surface area contributed by atoms with Crippen LogP contribution in [0, 0.1) is 2.88 Å². The van der Waals surface area contributed by atoms with Gasteiger partial charge >= 0.3 is 0 Å². The summed E-state index contributed by atoms with van der Waals surface area (Å²) in [5, 5.41) is 5.63. The minimum atomic E-state index is 0.419. The van der Waals surface area contributed by atoms with Gasteiger partial charge in [-0.05, 0) is 58.6 Å². The Balaban J connectivity index is 2.12. The molecule has 1 aromatic carbocycles. The smallest absolute Gasteiger partial charge is 0.0656 e. The number of rotatable bonds is 4. The van der Waals surface area contributed by atoms with E-state index in [0.29, 0.717) is 6.04 Å². The van der Waals surface area contributed by atoms with Crippen LogP contribution in [0.3, 0.4) is 0 Å². The van der Waals surface area contributed by atoms with Gasteiger partial charge in [0.05, 0.1) is 2.88 Å². The van der Waals surface area contributed by atoms with E-state index in [4.69, 9.17) is 0 Å². The van der Waals surface area contributed by atoms with Crippen LogP contribution in [-0.2, 0) is 6.42 Å². The number of benzene rings is 1. The van der Waals surface area contributed by atoms with Gasteiger partial charge in [0.25, 0.3) is 0 Å². The summed E-state index contributed by atoms with van der Waals surface area (Å²) in [6.07, 6.45) is 1.05. The Bertz CT molecular complexity index is 438. The maximum absolute atomic E-state index is 3.38. The van der Waals surface area contributed by atoms with Crippen molar-refractivity contribution < 1.29 is 0 Å². The molecule has 16 heavy (non-hydrogen) atoms. The van der Waals surface area contributed by atoms with Crippen LogP contribution >= 0.6 is 33.9 Å². The number of nitrogens with one attached hydrogen (secondary N) is 1. The first kappa shape index (κ1) is 12.1. The first-order valence-electron chi connectivity index (χ1n) is 5.24. The van der Waals surface area contributed by atoms with E-state index >= 15 is 0 Å². The molecular weight excluding hydrogens is 329 g/mol. The zero-order valence-corrected chi connectivity index (χ0v) is 12.1. The average Bonchev–Trinajstić information content (AvgIpc) is 2.74. The zero-order chi connectivity index (χ0) is 11.4. The van der Waals surface area contributed by atoms with Crippen LogP contribution in [-0.4, -0.2) is 7.05 Å². The quantitative estimate of drug-likeness (QED) is 0.832. The molecule has 1 nitrogen and oxygen atoms in total. The van der Waals surface area contributed by atoms with Crippen molar-refractivity contribution in [1.82, 2.24) is 5.32 Å². The molecule has 1 aromatic heterocycles. The molecule has 0 amide bonds. The molecule has 0 saturated carbocycles. The van der Waals surface area contributed by atoms with Crippen molar-refractivity contribution in [2.45, 2.75) is 12.5 Å². The Morgan fingerprint density at radius 1 is 1.31 bits per heavy atom. The molecule has 0 fully saturated rings. The topological polar surface area (TPSA) is 12.0 Å². The number of hydrogen-bond donors (Lipinski definition) is 1. The molecule has 84 valence electrons. The van der Waals surface area contributed by atoms with Crippen molar-refractivity contribution in [2.24, 2.45) is 0 Å². The van der Waals surface area contributed by atoms with Crippen LogP contribution in [0.5, 0.6) is 0 Å². The van der Waals surface area contributed by atoms with E-state index in [0.717, 1.165) is 6.42 Å². The SMILES string of the molecule is CNC(Cc1ccccc1)c1csc(I)c1. The molecule has 1 heterocycles. The molecular formula is C13H14INS. The van der Waals surface area contributed by atoms with Gasteiger partial charge in [0.2, 0.25) is 0 Å². The second-order valence-corrected chi connectivity index (χ2v) is 6.52. The molecule has 1 unspecified atom stereocenters. The molecule has 0 spiro atoms. The highest BCUT2D eigenvalue weighted by Gasteiger charge is 2.11. The predicted octanol–water partition coefficient (Wildman–Crippen LogP) is 3.86. The van der Waals surface area contributed by atoms with Crippen molar-refractivity contribution in [1.29, 1.82) is 0 Å². The number of likely N-dealkylation sites (N-methyl/N-ethyl adjacent to an activating group) is 1. The van der Waals surface area contributed by atoms with Crippen LogP contribution in [0.4, 0.5) is 0 Å². The third kappa shape index (κ3) is 3.06. The van der Waals surface area contributed by atoms with Crippen molar-refractivity contribution in [3.05, 3.63) is 55.8 Å². The maximum atomic E-state index is 3.38. The molecule has 2 aromatic rings. The second kappa shape index (κ2) is 5.80. The fourth-order valence-electron chi connectivity index (χ4n) is 1.74. The largest absolute Gasteiger partial charge is 0.313 e. The lowest BCUT2D eigenvalue weighted by molar-refractivity contribution is 0.594. The molecule has 3 heteroatoms. The first-order valence-corrected chi connectivity index (χ1v) is 7.20. The van der Waals surface area contributed by atoms with Gasteiger partial charge in [0.1, 0.15) is 0 Å². The third-order valence-electron chi connectivity index (χ3n) is 2.62. The lowest BCUT2D eigenvalue weighted by atomic mass is 10.0. The minimum Gasteiger partial charge on any atom is -0.313 e. The normalized spacial score (nSPS) is 12.6. The van der Waals surface area contributed by atoms with Gasteiger partial charge in [0, 0.05) is 6.04 Å². The number of halogens is 1. The summed E-state index contributed by atoms with van der Waals surface area (Å²) in [5.41, 5.74) is 2.77. The molecule has 0 bridgehead atoms. The van der Waals surface area contributed by atoms with E-state index in [-0.39, 0.29) is 0 Å². The highest BCUT2D eigenvalue weighted by molar-refractivity contribution is 14.1. The monoisotopic (exact) mass is 343 g/mol. The predicted molar refractivity (Wildman–Crippen MR) is 79.0 cm³/mol. The Morgan fingerprint density at radius 2 is 2.06 bits per heavy atom. The molecule has 1 atom stereocenters. The Hall–Kier alpha value is -0.390. The summed E-state index contributed by atoms with van der Waals surface area (Å²) in [5.74, 6) is 0. The fraction of sp³-hybridized carbons (Fsp3) is 0.231. The van der Waals surface area contributed by atoms with Crippen molar-refractivity contribution >= 4 is 33.9 Å². The standard InChI is InChI=1S/C13H14INS/c1-15-12(11-8-13(14)16-9-11)7-10-5-3-2-4-6-10/h2-6,8-9,12,15H,7H2,1H3. The molecule has 0 radical (unpaired) electrons. The van der Waals surface area contributed by atoms with Gasteiger partial charge in [-0.2, -0.15) is 0 Å². The van der Waals surface area contributed by atoms with Crippen LogP contribution < -0.4 is 5.32 Å². The summed E-state index contributed by atoms with van der Waals surface area (Å²) >= 11 is 4.18. The average molecular weight is 343 g/mol. The van der Waals surface area contributed by atoms with Crippen molar-refractivity contribution in [3.63, 3.8) is 0 Å². The van der Waals surface area contributed by atoms with E-state index in [9.17, 15) is 0 Å². The van der Waals surface area contributed by atoms with E-state index < -0.39 is 0 Å². The summed E-state index contributed by atoms with van der Waals surface area (Å²) in [6.45, 7) is 0. The highest BCUT2D eigenvalue weighted by atomic mass is 127. The third-order valence-corrected chi connectivity index (χ3v) is 4.43. The van der Waals surface area contributed by atoms with Crippen LogP contribution in [0.1, 0.15) is 17.2 Å². The second-order valence-electron chi connectivity index (χ2n) is 3.72. The van der Waals surface area contributed by atoms with E-state index in [1.165, 1.54) is 14.0 Å². The van der Waals surface area contributed by atoms with Gasteiger partial charge in [-0.15, -0.1) is 11.3 Å². The lowest BCUT2D eigenvalue weighted by Gasteiger charge is -2.14. The first-order chi connectivity index (χ1) is 7.79. The Labute approximate surface area is 114 Å². The van der Waals surface area contributed by atoms with E-state index in [1.807, 2.05) is 7.05 Å². The van der Waals surface area contributed by atoms with Gasteiger partial charge in [-0.3, -0.25) is 0 Å². The number of thiophene rings is 1. The minimum absolute atomic E-state index is 0.419. The van der Waals surface area contributed by atoms with Gasteiger partial charge in [-0.1, -0.05) is 30.3 Å². The van der Waals surface area contributed by atoms with E-state index in [2.05, 4.69) is 69.7 Å². The molecule has 2 rings (SSSR count). The molecule has 1 N–H and O–H groups in total.